The van der Waals surface area contributed by atoms with E-state index in [-0.39, 0.29) is 6.10 Å². The monoisotopic (exact) mass is 145 g/mol. The first-order chi connectivity index (χ1) is 4.72. The molecule has 0 aliphatic carbocycles. The largest absolute Gasteiger partial charge is 0.480 e. The van der Waals surface area contributed by atoms with E-state index in [0.717, 1.165) is 12.8 Å². The SMILES string of the molecule is N[C@H](C(=O)O)[C@H]1CCCO1. The highest BCUT2D eigenvalue weighted by atomic mass is 16.5. The summed E-state index contributed by atoms with van der Waals surface area (Å²) in [5.41, 5.74) is 5.30. The second-order valence-electron chi connectivity index (χ2n) is 2.42. The molecule has 1 saturated heterocycles. The number of carboxylic acid groups (broad SMARTS) is 1. The Morgan fingerprint density at radius 1 is 1.80 bits per heavy atom. The number of hydrogen-bond donors (Lipinski definition) is 2. The minimum atomic E-state index is -0.980. The van der Waals surface area contributed by atoms with Crippen LogP contribution in [0.5, 0.6) is 0 Å². The fraction of sp³-hybridized carbons (Fsp3) is 0.833. The maximum absolute atomic E-state index is 10.3. The number of carboxylic acids is 1. The van der Waals surface area contributed by atoms with Gasteiger partial charge >= 0.3 is 5.97 Å². The molecule has 2 atom stereocenters. The van der Waals surface area contributed by atoms with Crippen molar-refractivity contribution >= 4 is 5.97 Å². The third-order valence-electron chi connectivity index (χ3n) is 1.65. The van der Waals surface area contributed by atoms with Crippen molar-refractivity contribution in [2.75, 3.05) is 6.61 Å². The molecular weight excluding hydrogens is 134 g/mol. The van der Waals surface area contributed by atoms with E-state index in [1.807, 2.05) is 0 Å². The maximum atomic E-state index is 10.3. The normalized spacial score (nSPS) is 28.3. The highest BCUT2D eigenvalue weighted by Gasteiger charge is 2.27. The van der Waals surface area contributed by atoms with Crippen molar-refractivity contribution < 1.29 is 14.6 Å². The fourth-order valence-electron chi connectivity index (χ4n) is 1.04. The summed E-state index contributed by atoms with van der Waals surface area (Å²) in [5, 5.41) is 8.44. The third kappa shape index (κ3) is 1.46. The van der Waals surface area contributed by atoms with Crippen LogP contribution >= 0.6 is 0 Å². The topological polar surface area (TPSA) is 72.6 Å². The molecule has 3 N–H and O–H groups in total. The van der Waals surface area contributed by atoms with Crippen LogP contribution in [0, 0.1) is 0 Å². The molecule has 1 fully saturated rings. The maximum Gasteiger partial charge on any atom is 0.323 e. The molecule has 4 heteroatoms. The molecule has 0 amide bonds. The van der Waals surface area contributed by atoms with Crippen molar-refractivity contribution in [3.05, 3.63) is 0 Å². The van der Waals surface area contributed by atoms with Crippen molar-refractivity contribution in [3.63, 3.8) is 0 Å². The molecule has 0 aromatic rings. The Hall–Kier alpha value is -0.610. The van der Waals surface area contributed by atoms with E-state index in [9.17, 15) is 4.79 Å². The minimum Gasteiger partial charge on any atom is -0.480 e. The predicted molar refractivity (Wildman–Crippen MR) is 34.6 cm³/mol. The molecular formula is C6H11NO3. The van der Waals surface area contributed by atoms with Crippen LogP contribution in [0.4, 0.5) is 0 Å². The van der Waals surface area contributed by atoms with Crippen molar-refractivity contribution in [2.45, 2.75) is 25.0 Å². The summed E-state index contributed by atoms with van der Waals surface area (Å²) >= 11 is 0. The summed E-state index contributed by atoms with van der Waals surface area (Å²) in [6, 6.07) is -0.845. The van der Waals surface area contributed by atoms with Crippen molar-refractivity contribution in [1.29, 1.82) is 0 Å². The highest BCUT2D eigenvalue weighted by molar-refractivity contribution is 5.73. The minimum absolute atomic E-state index is 0.266. The molecule has 0 radical (unpaired) electrons. The lowest BCUT2D eigenvalue weighted by atomic mass is 10.1. The van der Waals surface area contributed by atoms with Crippen LogP contribution in [0.25, 0.3) is 0 Å². The molecule has 0 saturated carbocycles. The van der Waals surface area contributed by atoms with Gasteiger partial charge in [-0.1, -0.05) is 0 Å². The molecule has 10 heavy (non-hydrogen) atoms. The van der Waals surface area contributed by atoms with Crippen molar-refractivity contribution in [1.82, 2.24) is 0 Å². The molecule has 0 aromatic heterocycles. The Balaban J connectivity index is 2.39. The number of carbonyl (C=O) groups is 1. The van der Waals surface area contributed by atoms with E-state index in [1.165, 1.54) is 0 Å². The Morgan fingerprint density at radius 2 is 2.50 bits per heavy atom. The van der Waals surface area contributed by atoms with Gasteiger partial charge in [0.1, 0.15) is 6.04 Å². The summed E-state index contributed by atoms with van der Waals surface area (Å²) in [6.45, 7) is 0.644. The van der Waals surface area contributed by atoms with Crippen LogP contribution in [0.3, 0.4) is 0 Å². The Bertz CT molecular complexity index is 131. The molecule has 0 unspecified atom stereocenters. The zero-order valence-corrected chi connectivity index (χ0v) is 5.62. The Kier molecular flexibility index (Phi) is 2.24. The van der Waals surface area contributed by atoms with Gasteiger partial charge in [0.2, 0.25) is 0 Å². The van der Waals surface area contributed by atoms with E-state index < -0.39 is 12.0 Å². The van der Waals surface area contributed by atoms with Gasteiger partial charge in [-0.15, -0.1) is 0 Å². The van der Waals surface area contributed by atoms with Crippen LogP contribution in [0.15, 0.2) is 0 Å². The number of nitrogens with two attached hydrogens (primary N) is 1. The van der Waals surface area contributed by atoms with Crippen LogP contribution in [0.2, 0.25) is 0 Å². The van der Waals surface area contributed by atoms with Gasteiger partial charge in [0, 0.05) is 6.61 Å². The quantitative estimate of drug-likeness (QED) is 0.553. The smallest absolute Gasteiger partial charge is 0.323 e. The lowest BCUT2D eigenvalue weighted by Crippen LogP contribution is -2.41. The summed E-state index contributed by atoms with van der Waals surface area (Å²) in [7, 11) is 0. The van der Waals surface area contributed by atoms with E-state index in [0.29, 0.717) is 6.61 Å². The van der Waals surface area contributed by atoms with Gasteiger partial charge in [0.25, 0.3) is 0 Å². The van der Waals surface area contributed by atoms with E-state index in [4.69, 9.17) is 15.6 Å². The molecule has 58 valence electrons. The van der Waals surface area contributed by atoms with Crippen LogP contribution < -0.4 is 5.73 Å². The lowest BCUT2D eigenvalue weighted by Gasteiger charge is -2.12. The van der Waals surface area contributed by atoms with Gasteiger partial charge in [-0.3, -0.25) is 4.79 Å². The molecule has 1 rings (SSSR count). The third-order valence-corrected chi connectivity index (χ3v) is 1.65. The predicted octanol–water partition coefficient (Wildman–Crippen LogP) is -0.423. The lowest BCUT2D eigenvalue weighted by molar-refractivity contribution is -0.141. The number of hydrogen-bond acceptors (Lipinski definition) is 3. The molecule has 1 aliphatic heterocycles. The van der Waals surface area contributed by atoms with E-state index in [1.54, 1.807) is 0 Å². The van der Waals surface area contributed by atoms with Gasteiger partial charge < -0.3 is 15.6 Å². The zero-order chi connectivity index (χ0) is 7.56. The van der Waals surface area contributed by atoms with Crippen LogP contribution in [0.1, 0.15) is 12.8 Å². The van der Waals surface area contributed by atoms with Gasteiger partial charge in [0.15, 0.2) is 0 Å². The second kappa shape index (κ2) is 2.98. The van der Waals surface area contributed by atoms with Crippen LogP contribution in [-0.4, -0.2) is 29.8 Å². The molecule has 1 heterocycles. The Labute approximate surface area is 59.0 Å². The van der Waals surface area contributed by atoms with Gasteiger partial charge in [0.05, 0.1) is 6.10 Å². The fourth-order valence-corrected chi connectivity index (χ4v) is 1.04. The second-order valence-corrected chi connectivity index (χ2v) is 2.42. The van der Waals surface area contributed by atoms with Gasteiger partial charge in [-0.05, 0) is 12.8 Å². The molecule has 0 aromatic carbocycles. The standard InChI is InChI=1S/C6H11NO3/c7-5(6(8)9)4-2-1-3-10-4/h4-5H,1-3,7H2,(H,8,9)/t4-,5+/m1/s1. The zero-order valence-electron chi connectivity index (χ0n) is 5.62. The number of aliphatic carboxylic acids is 1. The average molecular weight is 145 g/mol. The molecule has 0 spiro atoms. The number of rotatable bonds is 2. The molecule has 4 nitrogen and oxygen atoms in total. The summed E-state index contributed by atoms with van der Waals surface area (Å²) in [4.78, 5) is 10.3. The van der Waals surface area contributed by atoms with E-state index in [2.05, 4.69) is 0 Å². The van der Waals surface area contributed by atoms with Crippen LogP contribution in [-0.2, 0) is 9.53 Å². The summed E-state index contributed by atoms with van der Waals surface area (Å²) < 4.78 is 5.07. The molecule has 0 bridgehead atoms. The summed E-state index contributed by atoms with van der Waals surface area (Å²) in [5.74, 6) is -0.980. The first-order valence-electron chi connectivity index (χ1n) is 3.32. The van der Waals surface area contributed by atoms with Gasteiger partial charge in [-0.25, -0.2) is 0 Å². The van der Waals surface area contributed by atoms with Gasteiger partial charge in [-0.2, -0.15) is 0 Å². The number of ether oxygens (including phenoxy) is 1. The van der Waals surface area contributed by atoms with Crippen molar-refractivity contribution in [3.8, 4) is 0 Å². The Morgan fingerprint density at radius 3 is 2.90 bits per heavy atom. The summed E-state index contributed by atoms with van der Waals surface area (Å²) in [6.07, 6.45) is 1.43. The van der Waals surface area contributed by atoms with E-state index >= 15 is 0 Å². The first-order valence-corrected chi connectivity index (χ1v) is 3.32. The average Bonchev–Trinajstić information content (AvgIpc) is 2.36. The highest BCUT2D eigenvalue weighted by Crippen LogP contribution is 2.14. The molecule has 1 aliphatic rings. The van der Waals surface area contributed by atoms with Crippen molar-refractivity contribution in [2.24, 2.45) is 5.73 Å². The first kappa shape index (κ1) is 7.50.